The molecule has 0 bridgehead atoms. The summed E-state index contributed by atoms with van der Waals surface area (Å²) in [6, 6.07) is 13.9. The van der Waals surface area contributed by atoms with E-state index in [1.165, 1.54) is 0 Å². The second-order valence-electron chi connectivity index (χ2n) is 7.08. The molecule has 2 aromatic carbocycles. The van der Waals surface area contributed by atoms with Crippen LogP contribution in [0.1, 0.15) is 13.3 Å². The SMILES string of the molecule is CC1CC(=O)Nc2ccccc2N1C(=O)CN(C)CC(=O)Nc1ccccc1Cl. The van der Waals surface area contributed by atoms with E-state index in [-0.39, 0.29) is 43.3 Å². The first kappa shape index (κ1) is 20.8. The smallest absolute Gasteiger partial charge is 0.241 e. The van der Waals surface area contributed by atoms with Crippen molar-refractivity contribution in [2.45, 2.75) is 19.4 Å². The predicted octanol–water partition coefficient (Wildman–Crippen LogP) is 2.97. The summed E-state index contributed by atoms with van der Waals surface area (Å²) in [7, 11) is 1.70. The Kier molecular flexibility index (Phi) is 6.51. The molecule has 0 saturated heterocycles. The number of halogens is 1. The van der Waals surface area contributed by atoms with E-state index in [0.29, 0.717) is 22.1 Å². The fourth-order valence-corrected chi connectivity index (χ4v) is 3.51. The molecule has 0 saturated carbocycles. The molecule has 1 heterocycles. The summed E-state index contributed by atoms with van der Waals surface area (Å²) in [6.45, 7) is 1.89. The number of rotatable bonds is 5. The van der Waals surface area contributed by atoms with Crippen LogP contribution in [0.2, 0.25) is 5.02 Å². The maximum absolute atomic E-state index is 13.0. The van der Waals surface area contributed by atoms with Crippen molar-refractivity contribution in [3.8, 4) is 0 Å². The monoisotopic (exact) mass is 414 g/mol. The van der Waals surface area contributed by atoms with E-state index in [2.05, 4.69) is 10.6 Å². The minimum atomic E-state index is -0.295. The third kappa shape index (κ3) is 5.13. The Morgan fingerprint density at radius 1 is 1.17 bits per heavy atom. The number of carbonyl (C=O) groups excluding carboxylic acids is 3. The predicted molar refractivity (Wildman–Crippen MR) is 114 cm³/mol. The Balaban J connectivity index is 1.66. The Hall–Kier alpha value is -2.90. The summed E-state index contributed by atoms with van der Waals surface area (Å²) in [4.78, 5) is 40.6. The van der Waals surface area contributed by atoms with Crippen LogP contribution in [0.25, 0.3) is 0 Å². The lowest BCUT2D eigenvalue weighted by Crippen LogP contribution is -2.45. The minimum absolute atomic E-state index is 0.0258. The Labute approximate surface area is 174 Å². The van der Waals surface area contributed by atoms with Crippen molar-refractivity contribution in [2.75, 3.05) is 35.7 Å². The van der Waals surface area contributed by atoms with E-state index < -0.39 is 0 Å². The topological polar surface area (TPSA) is 81.8 Å². The zero-order valence-electron chi connectivity index (χ0n) is 16.3. The standard InChI is InChI=1S/C21H23ClN4O3/c1-14-11-19(27)24-17-9-5-6-10-18(17)26(14)21(29)13-25(2)12-20(28)23-16-8-4-3-7-15(16)22/h3-10,14H,11-13H2,1-2H3,(H,23,28)(H,24,27). The second-order valence-corrected chi connectivity index (χ2v) is 7.49. The van der Waals surface area contributed by atoms with Gasteiger partial charge in [-0.3, -0.25) is 19.3 Å². The normalized spacial score (nSPS) is 16.1. The number of nitrogens with zero attached hydrogens (tertiary/aromatic N) is 2. The largest absolute Gasteiger partial charge is 0.324 e. The molecule has 3 amide bonds. The van der Waals surface area contributed by atoms with Gasteiger partial charge in [-0.25, -0.2) is 0 Å². The van der Waals surface area contributed by atoms with Crippen molar-refractivity contribution in [1.29, 1.82) is 0 Å². The molecular formula is C21H23ClN4O3. The van der Waals surface area contributed by atoms with Crippen molar-refractivity contribution >= 4 is 46.4 Å². The lowest BCUT2D eigenvalue weighted by atomic mass is 10.1. The van der Waals surface area contributed by atoms with Crippen LogP contribution in [0, 0.1) is 0 Å². The summed E-state index contributed by atoms with van der Waals surface area (Å²) < 4.78 is 0. The van der Waals surface area contributed by atoms with Crippen LogP contribution in [0.5, 0.6) is 0 Å². The van der Waals surface area contributed by atoms with Gasteiger partial charge in [0.2, 0.25) is 17.7 Å². The molecule has 0 spiro atoms. The van der Waals surface area contributed by atoms with E-state index >= 15 is 0 Å². The number of para-hydroxylation sites is 3. The van der Waals surface area contributed by atoms with Crippen molar-refractivity contribution in [3.63, 3.8) is 0 Å². The van der Waals surface area contributed by atoms with Gasteiger partial charge < -0.3 is 15.5 Å². The van der Waals surface area contributed by atoms with Gasteiger partial charge in [-0.05, 0) is 38.2 Å². The number of fused-ring (bicyclic) bond motifs is 1. The number of anilines is 3. The summed E-state index contributed by atoms with van der Waals surface area (Å²) in [5, 5.41) is 6.03. The lowest BCUT2D eigenvalue weighted by molar-refractivity contribution is -0.121. The Morgan fingerprint density at radius 2 is 1.86 bits per heavy atom. The van der Waals surface area contributed by atoms with E-state index in [9.17, 15) is 14.4 Å². The van der Waals surface area contributed by atoms with Gasteiger partial charge in [0.25, 0.3) is 0 Å². The molecule has 2 N–H and O–H groups in total. The maximum Gasteiger partial charge on any atom is 0.241 e. The first-order chi connectivity index (χ1) is 13.8. The van der Waals surface area contributed by atoms with Gasteiger partial charge in [0, 0.05) is 12.5 Å². The molecule has 0 aromatic heterocycles. The fraction of sp³-hybridized carbons (Fsp3) is 0.286. The number of hydrogen-bond acceptors (Lipinski definition) is 4. The fourth-order valence-electron chi connectivity index (χ4n) is 3.33. The van der Waals surface area contributed by atoms with Gasteiger partial charge in [0.05, 0.1) is 35.2 Å². The van der Waals surface area contributed by atoms with Crippen molar-refractivity contribution < 1.29 is 14.4 Å². The van der Waals surface area contributed by atoms with E-state index in [4.69, 9.17) is 11.6 Å². The summed E-state index contributed by atoms with van der Waals surface area (Å²) in [5.74, 6) is -0.586. The van der Waals surface area contributed by atoms with Crippen LogP contribution in [-0.4, -0.2) is 48.8 Å². The molecular weight excluding hydrogens is 392 g/mol. The molecule has 8 heteroatoms. The Bertz CT molecular complexity index is 934. The molecule has 29 heavy (non-hydrogen) atoms. The number of carbonyl (C=O) groups is 3. The molecule has 0 radical (unpaired) electrons. The highest BCUT2D eigenvalue weighted by atomic mass is 35.5. The van der Waals surface area contributed by atoms with E-state index in [1.807, 2.05) is 19.1 Å². The van der Waals surface area contributed by atoms with Gasteiger partial charge >= 0.3 is 0 Å². The van der Waals surface area contributed by atoms with Crippen LogP contribution in [0.3, 0.4) is 0 Å². The summed E-state index contributed by atoms with van der Waals surface area (Å²) in [5.41, 5.74) is 1.79. The highest BCUT2D eigenvalue weighted by Crippen LogP contribution is 2.31. The van der Waals surface area contributed by atoms with Crippen LogP contribution in [0.4, 0.5) is 17.1 Å². The van der Waals surface area contributed by atoms with Crippen LogP contribution in [-0.2, 0) is 14.4 Å². The highest BCUT2D eigenvalue weighted by molar-refractivity contribution is 6.33. The molecule has 7 nitrogen and oxygen atoms in total. The second kappa shape index (κ2) is 9.07. The number of likely N-dealkylation sites (N-methyl/N-ethyl adjacent to an activating group) is 1. The van der Waals surface area contributed by atoms with Gasteiger partial charge in [0.15, 0.2) is 0 Å². The third-order valence-electron chi connectivity index (χ3n) is 4.59. The van der Waals surface area contributed by atoms with Crippen LogP contribution >= 0.6 is 11.6 Å². The van der Waals surface area contributed by atoms with Crippen molar-refractivity contribution in [3.05, 3.63) is 53.6 Å². The average Bonchev–Trinajstić information content (AvgIpc) is 2.77. The van der Waals surface area contributed by atoms with E-state index in [0.717, 1.165) is 0 Å². The summed E-state index contributed by atoms with van der Waals surface area (Å²) in [6.07, 6.45) is 0.205. The molecule has 0 fully saturated rings. The molecule has 1 atom stereocenters. The van der Waals surface area contributed by atoms with Gasteiger partial charge in [-0.1, -0.05) is 35.9 Å². The average molecular weight is 415 g/mol. The molecule has 1 unspecified atom stereocenters. The quantitative estimate of drug-likeness (QED) is 0.788. The first-order valence-electron chi connectivity index (χ1n) is 9.29. The lowest BCUT2D eigenvalue weighted by Gasteiger charge is -2.29. The number of hydrogen-bond donors (Lipinski definition) is 2. The molecule has 2 aromatic rings. The van der Waals surface area contributed by atoms with Gasteiger partial charge in [-0.2, -0.15) is 0 Å². The number of amides is 3. The molecule has 1 aliphatic rings. The molecule has 3 rings (SSSR count). The first-order valence-corrected chi connectivity index (χ1v) is 9.67. The molecule has 0 aliphatic carbocycles. The minimum Gasteiger partial charge on any atom is -0.324 e. The van der Waals surface area contributed by atoms with Crippen molar-refractivity contribution in [2.24, 2.45) is 0 Å². The van der Waals surface area contributed by atoms with Crippen LogP contribution in [0.15, 0.2) is 48.5 Å². The zero-order chi connectivity index (χ0) is 21.0. The van der Waals surface area contributed by atoms with E-state index in [1.54, 1.807) is 53.2 Å². The Morgan fingerprint density at radius 3 is 2.62 bits per heavy atom. The van der Waals surface area contributed by atoms with Gasteiger partial charge in [-0.15, -0.1) is 0 Å². The zero-order valence-corrected chi connectivity index (χ0v) is 17.1. The summed E-state index contributed by atoms with van der Waals surface area (Å²) >= 11 is 6.06. The molecule has 1 aliphatic heterocycles. The molecule has 152 valence electrons. The number of nitrogens with one attached hydrogen (secondary N) is 2. The number of benzene rings is 2. The van der Waals surface area contributed by atoms with Gasteiger partial charge in [0.1, 0.15) is 0 Å². The van der Waals surface area contributed by atoms with Crippen LogP contribution < -0.4 is 15.5 Å². The maximum atomic E-state index is 13.0. The van der Waals surface area contributed by atoms with Crippen molar-refractivity contribution in [1.82, 2.24) is 4.90 Å². The highest BCUT2D eigenvalue weighted by Gasteiger charge is 2.30. The third-order valence-corrected chi connectivity index (χ3v) is 4.92.